The second kappa shape index (κ2) is 7.82. The molecule has 0 radical (unpaired) electrons. The lowest BCUT2D eigenvalue weighted by atomic mass is 9.94. The van der Waals surface area contributed by atoms with Crippen LogP contribution in [0.5, 0.6) is 0 Å². The SMILES string of the molecule is CC1CCNCC1NC(=O)c1cccc(S(=O)(=O)N2CCOCC2)c1. The van der Waals surface area contributed by atoms with Crippen LogP contribution in [0.3, 0.4) is 0 Å². The van der Waals surface area contributed by atoms with Gasteiger partial charge in [-0.1, -0.05) is 13.0 Å². The van der Waals surface area contributed by atoms with Crippen LogP contribution in [0.25, 0.3) is 0 Å². The third-order valence-electron chi connectivity index (χ3n) is 4.85. The summed E-state index contributed by atoms with van der Waals surface area (Å²) in [5.41, 5.74) is 0.368. The number of ether oxygens (including phenoxy) is 1. The Hall–Kier alpha value is -1.48. The normalized spacial score (nSPS) is 25.5. The molecule has 2 atom stereocenters. The van der Waals surface area contributed by atoms with Gasteiger partial charge in [0.15, 0.2) is 0 Å². The van der Waals surface area contributed by atoms with Crippen molar-refractivity contribution in [2.24, 2.45) is 5.92 Å². The zero-order chi connectivity index (χ0) is 17.9. The number of piperidine rings is 1. The first kappa shape index (κ1) is 18.3. The van der Waals surface area contributed by atoms with Crippen molar-refractivity contribution < 1.29 is 17.9 Å². The number of sulfonamides is 1. The summed E-state index contributed by atoms with van der Waals surface area (Å²) in [6, 6.07) is 6.31. The van der Waals surface area contributed by atoms with Crippen molar-refractivity contribution in [3.8, 4) is 0 Å². The van der Waals surface area contributed by atoms with Crippen molar-refractivity contribution in [1.82, 2.24) is 14.9 Å². The number of carbonyl (C=O) groups excluding carboxylic acids is 1. The second-order valence-electron chi connectivity index (χ2n) is 6.59. The van der Waals surface area contributed by atoms with E-state index in [1.807, 2.05) is 0 Å². The summed E-state index contributed by atoms with van der Waals surface area (Å²) in [4.78, 5) is 12.7. The molecule has 3 rings (SSSR count). The summed E-state index contributed by atoms with van der Waals surface area (Å²) in [5, 5.41) is 6.28. The Morgan fingerprint density at radius 2 is 2.08 bits per heavy atom. The summed E-state index contributed by atoms with van der Waals surface area (Å²) in [6.45, 7) is 5.27. The summed E-state index contributed by atoms with van der Waals surface area (Å²) >= 11 is 0. The van der Waals surface area contributed by atoms with Gasteiger partial charge in [-0.25, -0.2) is 8.42 Å². The number of rotatable bonds is 4. The summed E-state index contributed by atoms with van der Waals surface area (Å²) in [6.07, 6.45) is 1.01. The average Bonchev–Trinajstić information content (AvgIpc) is 2.64. The van der Waals surface area contributed by atoms with Gasteiger partial charge in [-0.2, -0.15) is 4.31 Å². The monoisotopic (exact) mass is 367 g/mol. The largest absolute Gasteiger partial charge is 0.379 e. The van der Waals surface area contributed by atoms with Gasteiger partial charge in [0.05, 0.1) is 18.1 Å². The Morgan fingerprint density at radius 3 is 2.80 bits per heavy atom. The zero-order valence-corrected chi connectivity index (χ0v) is 15.2. The van der Waals surface area contributed by atoms with Crippen LogP contribution in [-0.4, -0.2) is 64.1 Å². The molecule has 1 aromatic rings. The molecule has 1 amide bonds. The molecule has 2 aliphatic heterocycles. The fourth-order valence-corrected chi connectivity index (χ4v) is 4.62. The third-order valence-corrected chi connectivity index (χ3v) is 6.74. The summed E-state index contributed by atoms with van der Waals surface area (Å²) < 4.78 is 32.1. The minimum atomic E-state index is -3.60. The molecule has 2 heterocycles. The first-order chi connectivity index (χ1) is 12.0. The van der Waals surface area contributed by atoms with E-state index >= 15 is 0 Å². The number of hydrogen-bond donors (Lipinski definition) is 2. The van der Waals surface area contributed by atoms with E-state index in [1.54, 1.807) is 12.1 Å². The Bertz CT molecular complexity index is 716. The molecule has 0 aliphatic carbocycles. The Labute approximate surface area is 148 Å². The van der Waals surface area contributed by atoms with E-state index < -0.39 is 10.0 Å². The maximum Gasteiger partial charge on any atom is 0.251 e. The Balaban J connectivity index is 1.75. The number of benzene rings is 1. The number of nitrogens with one attached hydrogen (secondary N) is 2. The highest BCUT2D eigenvalue weighted by molar-refractivity contribution is 7.89. The topological polar surface area (TPSA) is 87.7 Å². The average molecular weight is 367 g/mol. The first-order valence-electron chi connectivity index (χ1n) is 8.68. The fourth-order valence-electron chi connectivity index (χ4n) is 3.17. The van der Waals surface area contributed by atoms with Gasteiger partial charge in [-0.15, -0.1) is 0 Å². The van der Waals surface area contributed by atoms with Crippen LogP contribution in [0.4, 0.5) is 0 Å². The van der Waals surface area contributed by atoms with E-state index in [4.69, 9.17) is 4.74 Å². The quantitative estimate of drug-likeness (QED) is 0.806. The first-order valence-corrected chi connectivity index (χ1v) is 10.1. The fraction of sp³-hybridized carbons (Fsp3) is 0.588. The highest BCUT2D eigenvalue weighted by Gasteiger charge is 2.28. The van der Waals surface area contributed by atoms with Crippen molar-refractivity contribution in [2.45, 2.75) is 24.3 Å². The van der Waals surface area contributed by atoms with E-state index in [0.29, 0.717) is 37.8 Å². The van der Waals surface area contributed by atoms with Gasteiger partial charge in [-0.3, -0.25) is 4.79 Å². The summed E-state index contributed by atoms with van der Waals surface area (Å²) in [5.74, 6) is 0.157. The van der Waals surface area contributed by atoms with Crippen molar-refractivity contribution >= 4 is 15.9 Å². The molecule has 0 bridgehead atoms. The van der Waals surface area contributed by atoms with E-state index in [0.717, 1.165) is 19.5 Å². The molecule has 0 spiro atoms. The van der Waals surface area contributed by atoms with Gasteiger partial charge in [0.2, 0.25) is 10.0 Å². The molecule has 138 valence electrons. The molecule has 2 unspecified atom stereocenters. The van der Waals surface area contributed by atoms with Crippen molar-refractivity contribution in [1.29, 1.82) is 0 Å². The van der Waals surface area contributed by atoms with Crippen molar-refractivity contribution in [2.75, 3.05) is 39.4 Å². The van der Waals surface area contributed by atoms with E-state index in [1.165, 1.54) is 16.4 Å². The Morgan fingerprint density at radius 1 is 1.32 bits per heavy atom. The minimum absolute atomic E-state index is 0.0563. The highest BCUT2D eigenvalue weighted by Crippen LogP contribution is 2.19. The van der Waals surface area contributed by atoms with Gasteiger partial charge in [0.25, 0.3) is 5.91 Å². The molecule has 2 N–H and O–H groups in total. The van der Waals surface area contributed by atoms with Crippen LogP contribution in [0.1, 0.15) is 23.7 Å². The van der Waals surface area contributed by atoms with Gasteiger partial charge in [0.1, 0.15) is 0 Å². The zero-order valence-electron chi connectivity index (χ0n) is 14.4. The standard InChI is InChI=1S/C17H25N3O4S/c1-13-5-6-18-12-16(13)19-17(21)14-3-2-4-15(11-14)25(22,23)20-7-9-24-10-8-20/h2-4,11,13,16,18H,5-10,12H2,1H3,(H,19,21). The van der Waals surface area contributed by atoms with Crippen LogP contribution in [0.15, 0.2) is 29.2 Å². The molecule has 1 aromatic carbocycles. The number of carbonyl (C=O) groups is 1. The maximum atomic E-state index is 12.7. The van der Waals surface area contributed by atoms with E-state index in [2.05, 4.69) is 17.6 Å². The van der Waals surface area contributed by atoms with Crippen LogP contribution < -0.4 is 10.6 Å². The molecule has 0 aromatic heterocycles. The molecule has 2 fully saturated rings. The van der Waals surface area contributed by atoms with Crippen LogP contribution in [-0.2, 0) is 14.8 Å². The molecule has 7 nitrogen and oxygen atoms in total. The minimum Gasteiger partial charge on any atom is -0.379 e. The Kier molecular flexibility index (Phi) is 5.73. The third kappa shape index (κ3) is 4.20. The molecular weight excluding hydrogens is 342 g/mol. The predicted octanol–water partition coefficient (Wildman–Crippen LogP) is 0.435. The molecule has 2 aliphatic rings. The van der Waals surface area contributed by atoms with Crippen molar-refractivity contribution in [3.63, 3.8) is 0 Å². The van der Waals surface area contributed by atoms with E-state index in [-0.39, 0.29) is 16.8 Å². The van der Waals surface area contributed by atoms with Crippen LogP contribution in [0, 0.1) is 5.92 Å². The molecular formula is C17H25N3O4S. The number of nitrogens with zero attached hydrogens (tertiary/aromatic N) is 1. The van der Waals surface area contributed by atoms with Gasteiger partial charge < -0.3 is 15.4 Å². The number of morpholine rings is 1. The van der Waals surface area contributed by atoms with Crippen LogP contribution in [0.2, 0.25) is 0 Å². The van der Waals surface area contributed by atoms with Gasteiger partial charge >= 0.3 is 0 Å². The maximum absolute atomic E-state index is 12.7. The highest BCUT2D eigenvalue weighted by atomic mass is 32.2. The van der Waals surface area contributed by atoms with Gasteiger partial charge in [-0.05, 0) is 37.1 Å². The smallest absolute Gasteiger partial charge is 0.251 e. The molecule has 8 heteroatoms. The lowest BCUT2D eigenvalue weighted by Gasteiger charge is -2.30. The number of amides is 1. The van der Waals surface area contributed by atoms with E-state index in [9.17, 15) is 13.2 Å². The van der Waals surface area contributed by atoms with Gasteiger partial charge in [0, 0.05) is 31.2 Å². The lowest BCUT2D eigenvalue weighted by molar-refractivity contribution is 0.0730. The predicted molar refractivity (Wildman–Crippen MR) is 93.9 cm³/mol. The molecule has 2 saturated heterocycles. The summed E-state index contributed by atoms with van der Waals surface area (Å²) in [7, 11) is -3.60. The molecule has 0 saturated carbocycles. The second-order valence-corrected chi connectivity index (χ2v) is 8.53. The van der Waals surface area contributed by atoms with Crippen molar-refractivity contribution in [3.05, 3.63) is 29.8 Å². The lowest BCUT2D eigenvalue weighted by Crippen LogP contribution is -2.50. The van der Waals surface area contributed by atoms with Crippen LogP contribution >= 0.6 is 0 Å². The number of hydrogen-bond acceptors (Lipinski definition) is 5. The molecule has 25 heavy (non-hydrogen) atoms.